The zero-order chi connectivity index (χ0) is 25.1. The summed E-state index contributed by atoms with van der Waals surface area (Å²) in [6.07, 6.45) is 3.42. The number of nitrogens with zero attached hydrogens (tertiary/aromatic N) is 2. The average molecular weight is 477 g/mol. The second-order valence-electron chi connectivity index (χ2n) is 9.10. The first-order valence-electron chi connectivity index (χ1n) is 11.7. The highest BCUT2D eigenvalue weighted by molar-refractivity contribution is 6.45. The predicted molar refractivity (Wildman–Crippen MR) is 130 cm³/mol. The van der Waals surface area contributed by atoms with Crippen molar-refractivity contribution in [3.05, 3.63) is 59.7 Å². The molecule has 0 aromatic heterocycles. The van der Waals surface area contributed by atoms with Crippen LogP contribution in [0.4, 0.5) is 16.2 Å². The van der Waals surface area contributed by atoms with Gasteiger partial charge in [0.05, 0.1) is 11.3 Å². The van der Waals surface area contributed by atoms with E-state index in [1.807, 2.05) is 32.0 Å². The molecule has 0 spiro atoms. The molecule has 6 amide bonds. The monoisotopic (exact) mass is 476 g/mol. The maximum Gasteiger partial charge on any atom is 0.334 e. The van der Waals surface area contributed by atoms with Gasteiger partial charge in [-0.3, -0.25) is 24.1 Å². The molecule has 0 radical (unpaired) electrons. The van der Waals surface area contributed by atoms with Crippen LogP contribution in [0.15, 0.2) is 48.5 Å². The van der Waals surface area contributed by atoms with Gasteiger partial charge in [-0.1, -0.05) is 44.0 Å². The summed E-state index contributed by atoms with van der Waals surface area (Å²) in [5.74, 6) is -2.91. The van der Waals surface area contributed by atoms with E-state index >= 15 is 0 Å². The predicted octanol–water partition coefficient (Wildman–Crippen LogP) is 3.56. The maximum atomic E-state index is 12.9. The molecule has 0 bridgehead atoms. The Labute approximate surface area is 203 Å². The van der Waals surface area contributed by atoms with Crippen LogP contribution < -0.4 is 10.6 Å². The number of aryl methyl sites for hydroxylation is 1. The third kappa shape index (κ3) is 5.08. The molecule has 1 saturated carbocycles. The SMILES string of the molecule is Cc1cccc(NC(=O)c2ccccc2NC(=O)CN2C(=O)C(=O)N([C@@H]3CCCC[C@H]3C)C2=O)c1. The van der Waals surface area contributed by atoms with Crippen molar-refractivity contribution in [3.63, 3.8) is 0 Å². The van der Waals surface area contributed by atoms with Gasteiger partial charge in [0.2, 0.25) is 5.91 Å². The summed E-state index contributed by atoms with van der Waals surface area (Å²) in [6, 6.07) is 12.6. The normalized spacial score (nSPS) is 20.2. The van der Waals surface area contributed by atoms with Crippen LogP contribution in [0.2, 0.25) is 0 Å². The van der Waals surface area contributed by atoms with Crippen molar-refractivity contribution in [1.82, 2.24) is 9.80 Å². The van der Waals surface area contributed by atoms with Crippen molar-refractivity contribution in [2.45, 2.75) is 45.6 Å². The number of benzene rings is 2. The Morgan fingerprint density at radius 2 is 1.69 bits per heavy atom. The number of imide groups is 2. The summed E-state index contributed by atoms with van der Waals surface area (Å²) < 4.78 is 0. The standard InChI is InChI=1S/C26H28N4O5/c1-16-8-7-10-18(14-16)27-23(32)19-11-4-5-12-20(19)28-22(31)15-29-24(33)25(34)30(26(29)35)21-13-6-3-9-17(21)2/h4-5,7-8,10-12,14,17,21H,3,6,9,13,15H2,1-2H3,(H,27,32)(H,28,31)/t17-,21-/m1/s1. The summed E-state index contributed by atoms with van der Waals surface area (Å²) in [6.45, 7) is 3.25. The van der Waals surface area contributed by atoms with Crippen LogP contribution in [0.25, 0.3) is 0 Å². The number of anilines is 2. The topological polar surface area (TPSA) is 116 Å². The number of urea groups is 1. The summed E-state index contributed by atoms with van der Waals surface area (Å²) in [5.41, 5.74) is 2.04. The fraction of sp³-hybridized carbons (Fsp3) is 0.346. The molecule has 0 unspecified atom stereocenters. The molecule has 2 aliphatic rings. The van der Waals surface area contributed by atoms with Gasteiger partial charge in [0.1, 0.15) is 6.54 Å². The van der Waals surface area contributed by atoms with Gasteiger partial charge in [-0.25, -0.2) is 9.69 Å². The van der Waals surface area contributed by atoms with Crippen LogP contribution >= 0.6 is 0 Å². The first-order chi connectivity index (χ1) is 16.8. The molecular formula is C26H28N4O5. The largest absolute Gasteiger partial charge is 0.334 e. The van der Waals surface area contributed by atoms with Crippen molar-refractivity contribution in [2.75, 3.05) is 17.2 Å². The molecule has 2 fully saturated rings. The Hall–Kier alpha value is -4.01. The number of carbonyl (C=O) groups is 5. The van der Waals surface area contributed by atoms with Crippen molar-refractivity contribution in [3.8, 4) is 0 Å². The van der Waals surface area contributed by atoms with Crippen LogP contribution in [0.3, 0.4) is 0 Å². The molecule has 9 nitrogen and oxygen atoms in total. The minimum absolute atomic E-state index is 0.0945. The van der Waals surface area contributed by atoms with Crippen molar-refractivity contribution in [2.24, 2.45) is 5.92 Å². The van der Waals surface area contributed by atoms with Crippen LogP contribution in [0, 0.1) is 12.8 Å². The lowest BCUT2D eigenvalue weighted by Gasteiger charge is -2.34. The number of carbonyl (C=O) groups excluding carboxylic acids is 5. The first kappa shape index (κ1) is 24.1. The Kier molecular flexibility index (Phi) is 6.95. The Morgan fingerprint density at radius 1 is 0.943 bits per heavy atom. The van der Waals surface area contributed by atoms with E-state index in [2.05, 4.69) is 10.6 Å². The number of nitrogens with one attached hydrogen (secondary N) is 2. The lowest BCUT2D eigenvalue weighted by Crippen LogP contribution is -2.46. The molecular weight excluding hydrogens is 448 g/mol. The summed E-state index contributed by atoms with van der Waals surface area (Å²) >= 11 is 0. The van der Waals surface area contributed by atoms with E-state index in [0.29, 0.717) is 17.0 Å². The maximum absolute atomic E-state index is 12.9. The van der Waals surface area contributed by atoms with Gasteiger partial charge in [-0.2, -0.15) is 0 Å². The Balaban J connectivity index is 1.45. The van der Waals surface area contributed by atoms with Gasteiger partial charge < -0.3 is 10.6 Å². The number of hydrogen-bond donors (Lipinski definition) is 2. The molecule has 182 valence electrons. The minimum Gasteiger partial charge on any atom is -0.324 e. The lowest BCUT2D eigenvalue weighted by molar-refractivity contribution is -0.145. The number of rotatable bonds is 6. The third-order valence-electron chi connectivity index (χ3n) is 6.51. The van der Waals surface area contributed by atoms with Crippen LogP contribution in [-0.4, -0.2) is 52.0 Å². The van der Waals surface area contributed by atoms with Crippen LogP contribution in [-0.2, 0) is 14.4 Å². The highest BCUT2D eigenvalue weighted by Gasteiger charge is 2.49. The van der Waals surface area contributed by atoms with E-state index in [9.17, 15) is 24.0 Å². The molecule has 1 aliphatic carbocycles. The molecule has 1 heterocycles. The highest BCUT2D eigenvalue weighted by Crippen LogP contribution is 2.31. The van der Waals surface area contributed by atoms with E-state index in [0.717, 1.165) is 29.7 Å². The van der Waals surface area contributed by atoms with Gasteiger partial charge in [0, 0.05) is 11.7 Å². The second kappa shape index (κ2) is 10.1. The zero-order valence-electron chi connectivity index (χ0n) is 19.7. The summed E-state index contributed by atoms with van der Waals surface area (Å²) in [5, 5.41) is 5.39. The van der Waals surface area contributed by atoms with E-state index < -0.39 is 36.2 Å². The molecule has 1 aliphatic heterocycles. The molecule has 1 saturated heterocycles. The highest BCUT2D eigenvalue weighted by atomic mass is 16.2. The molecule has 35 heavy (non-hydrogen) atoms. The van der Waals surface area contributed by atoms with Crippen molar-refractivity contribution in [1.29, 1.82) is 0 Å². The van der Waals surface area contributed by atoms with E-state index in [1.54, 1.807) is 30.3 Å². The first-order valence-corrected chi connectivity index (χ1v) is 11.7. The smallest absolute Gasteiger partial charge is 0.324 e. The molecule has 9 heteroatoms. The summed E-state index contributed by atoms with van der Waals surface area (Å²) in [7, 11) is 0. The molecule has 2 N–H and O–H groups in total. The lowest BCUT2D eigenvalue weighted by atomic mass is 9.85. The van der Waals surface area contributed by atoms with Gasteiger partial charge in [0.15, 0.2) is 0 Å². The van der Waals surface area contributed by atoms with Gasteiger partial charge >= 0.3 is 17.8 Å². The Bertz CT molecular complexity index is 1190. The quantitative estimate of drug-likeness (QED) is 0.489. The van der Waals surface area contributed by atoms with E-state index in [1.165, 1.54) is 0 Å². The van der Waals surface area contributed by atoms with Crippen molar-refractivity contribution < 1.29 is 24.0 Å². The zero-order valence-corrected chi connectivity index (χ0v) is 19.7. The van der Waals surface area contributed by atoms with Gasteiger partial charge in [-0.15, -0.1) is 0 Å². The number of para-hydroxylation sites is 1. The number of amides is 6. The fourth-order valence-electron chi connectivity index (χ4n) is 4.68. The van der Waals surface area contributed by atoms with Gasteiger partial charge in [-0.05, 0) is 55.5 Å². The molecule has 4 rings (SSSR count). The van der Waals surface area contributed by atoms with E-state index in [-0.39, 0.29) is 23.2 Å². The van der Waals surface area contributed by atoms with Crippen molar-refractivity contribution >= 4 is 41.0 Å². The van der Waals surface area contributed by atoms with Gasteiger partial charge in [0.25, 0.3) is 5.91 Å². The third-order valence-corrected chi connectivity index (χ3v) is 6.51. The average Bonchev–Trinajstić information content (AvgIpc) is 3.03. The fourth-order valence-corrected chi connectivity index (χ4v) is 4.68. The minimum atomic E-state index is -1.01. The van der Waals surface area contributed by atoms with Crippen LogP contribution in [0.1, 0.15) is 48.5 Å². The Morgan fingerprint density at radius 3 is 2.43 bits per heavy atom. The second-order valence-corrected chi connectivity index (χ2v) is 9.10. The molecule has 2 aromatic carbocycles. The number of hydrogen-bond acceptors (Lipinski definition) is 5. The van der Waals surface area contributed by atoms with E-state index in [4.69, 9.17) is 0 Å². The van der Waals surface area contributed by atoms with Crippen LogP contribution in [0.5, 0.6) is 0 Å². The summed E-state index contributed by atoms with van der Waals surface area (Å²) in [4.78, 5) is 65.4. The molecule has 2 aromatic rings. The molecule has 2 atom stereocenters.